The normalized spacial score (nSPS) is 24.3. The number of ether oxygens (including phenoxy) is 1. The number of carbonyl (C=O) groups excluding carboxylic acids is 5. The Morgan fingerprint density at radius 2 is 1.59 bits per heavy atom. The average Bonchev–Trinajstić information content (AvgIpc) is 3.47. The van der Waals surface area contributed by atoms with Gasteiger partial charge in [-0.15, -0.1) is 10.2 Å². The molecule has 16 heteroatoms. The molecule has 0 spiro atoms. The molecule has 0 bridgehead atoms. The number of imide groups is 2. The number of nitrogens with one attached hydrogen (secondary N) is 2. The zero-order valence-corrected chi connectivity index (χ0v) is 34.4. The number of nitrogens with zero attached hydrogens (tertiary/aromatic N) is 7. The van der Waals surface area contributed by atoms with E-state index in [1.807, 2.05) is 12.1 Å². The summed E-state index contributed by atoms with van der Waals surface area (Å²) in [5, 5.41) is 23.7. The minimum absolute atomic E-state index is 0.0849. The summed E-state index contributed by atoms with van der Waals surface area (Å²) in [4.78, 5) is 71.9. The summed E-state index contributed by atoms with van der Waals surface area (Å²) in [6.07, 6.45) is 2.02. The van der Waals surface area contributed by atoms with Gasteiger partial charge in [-0.25, -0.2) is 0 Å². The Bertz CT molecular complexity index is 2230. The molecule has 8 rings (SSSR count). The molecule has 1 aliphatic carbocycles. The highest BCUT2D eigenvalue weighted by Crippen LogP contribution is 2.55. The fourth-order valence-electron chi connectivity index (χ4n) is 9.97. The number of hydrogen-bond acceptors (Lipinski definition) is 12. The summed E-state index contributed by atoms with van der Waals surface area (Å²) in [6, 6.07) is 14.8. The number of amides is 5. The van der Waals surface area contributed by atoms with Crippen LogP contribution in [0.4, 0.5) is 11.5 Å². The van der Waals surface area contributed by atoms with E-state index in [0.717, 1.165) is 75.1 Å². The van der Waals surface area contributed by atoms with Crippen LogP contribution in [0.15, 0.2) is 48.5 Å². The van der Waals surface area contributed by atoms with Crippen LogP contribution in [0.1, 0.15) is 90.1 Å². The number of hydrogen-bond donors (Lipinski definition) is 2. The van der Waals surface area contributed by atoms with Crippen molar-refractivity contribution >= 4 is 52.6 Å². The summed E-state index contributed by atoms with van der Waals surface area (Å²) in [5.74, 6) is -0.430. The number of fused-ring (bicyclic) bond motifs is 1. The first-order valence-electron chi connectivity index (χ1n) is 20.2. The summed E-state index contributed by atoms with van der Waals surface area (Å²) in [7, 11) is 0. The van der Waals surface area contributed by atoms with Gasteiger partial charge in [0.1, 0.15) is 24.0 Å². The number of halogens is 1. The van der Waals surface area contributed by atoms with E-state index in [-0.39, 0.29) is 42.2 Å². The van der Waals surface area contributed by atoms with Crippen LogP contribution in [0.3, 0.4) is 0 Å². The molecule has 5 heterocycles. The Balaban J connectivity index is 0.789. The van der Waals surface area contributed by atoms with Crippen molar-refractivity contribution in [1.82, 2.24) is 30.6 Å². The number of piperidine rings is 2. The van der Waals surface area contributed by atoms with Crippen molar-refractivity contribution in [3.8, 4) is 11.8 Å². The smallest absolute Gasteiger partial charge is 0.272 e. The standard InChI is InChI=1S/C43H48ClN9O6/c1-42(2)40(43(3,4)41(42)59-28-7-5-26(23-45)31(44)22-28)47-36(55)32-9-11-34(49-48-32)52-15-13-25(14-16-52)24-50-17-19-51(20-18-50)27-6-8-29-30(21-27)39(58)53(38(29)57)33-10-12-35(54)46-37(33)56/h5-9,11,21-22,25,33,40-41H,10,12-20,24H2,1-4H3,(H,47,55)(H,46,54,56). The van der Waals surface area contributed by atoms with Crippen molar-refractivity contribution in [2.24, 2.45) is 16.7 Å². The molecular weight excluding hydrogens is 774 g/mol. The quantitative estimate of drug-likeness (QED) is 0.296. The second-order valence-corrected chi connectivity index (χ2v) is 17.9. The lowest BCUT2D eigenvalue weighted by atomic mass is 9.49. The molecule has 2 aromatic carbocycles. The molecule has 15 nitrogen and oxygen atoms in total. The Labute approximate surface area is 348 Å². The summed E-state index contributed by atoms with van der Waals surface area (Å²) < 4.78 is 6.35. The molecule has 3 aromatic rings. The van der Waals surface area contributed by atoms with Crippen molar-refractivity contribution in [1.29, 1.82) is 5.26 Å². The highest BCUT2D eigenvalue weighted by atomic mass is 35.5. The molecule has 1 unspecified atom stereocenters. The number of carbonyl (C=O) groups is 5. The van der Waals surface area contributed by atoms with E-state index in [2.05, 4.69) is 69.3 Å². The first-order valence-corrected chi connectivity index (χ1v) is 20.6. The van der Waals surface area contributed by atoms with Crippen LogP contribution < -0.4 is 25.2 Å². The van der Waals surface area contributed by atoms with Gasteiger partial charge >= 0.3 is 0 Å². The van der Waals surface area contributed by atoms with Crippen LogP contribution in [0.25, 0.3) is 0 Å². The number of piperazine rings is 1. The monoisotopic (exact) mass is 821 g/mol. The van der Waals surface area contributed by atoms with Gasteiger partial charge in [-0.1, -0.05) is 39.3 Å². The van der Waals surface area contributed by atoms with Gasteiger partial charge in [-0.2, -0.15) is 5.26 Å². The predicted molar refractivity (Wildman–Crippen MR) is 218 cm³/mol. The molecule has 1 aromatic heterocycles. The Kier molecular flexibility index (Phi) is 10.6. The summed E-state index contributed by atoms with van der Waals surface area (Å²) >= 11 is 6.24. The lowest BCUT2D eigenvalue weighted by Gasteiger charge is -2.63. The van der Waals surface area contributed by atoms with E-state index in [9.17, 15) is 29.2 Å². The highest BCUT2D eigenvalue weighted by Gasteiger charge is 2.64. The number of aromatic nitrogens is 2. The molecule has 2 N–H and O–H groups in total. The van der Waals surface area contributed by atoms with E-state index in [4.69, 9.17) is 16.3 Å². The van der Waals surface area contributed by atoms with Crippen LogP contribution in [0.2, 0.25) is 5.02 Å². The largest absolute Gasteiger partial charge is 0.489 e. The third-order valence-corrected chi connectivity index (χ3v) is 13.2. The Morgan fingerprint density at radius 3 is 2.24 bits per heavy atom. The van der Waals surface area contributed by atoms with Crippen molar-refractivity contribution in [3.05, 3.63) is 75.9 Å². The van der Waals surface area contributed by atoms with Crippen molar-refractivity contribution in [2.75, 3.05) is 55.6 Å². The molecule has 5 aliphatic rings. The maximum absolute atomic E-state index is 13.4. The number of rotatable bonds is 9. The van der Waals surface area contributed by atoms with Gasteiger partial charge in [0.15, 0.2) is 11.5 Å². The molecule has 59 heavy (non-hydrogen) atoms. The van der Waals surface area contributed by atoms with Gasteiger partial charge in [-0.05, 0) is 67.6 Å². The zero-order valence-electron chi connectivity index (χ0n) is 33.7. The molecule has 0 radical (unpaired) electrons. The van der Waals surface area contributed by atoms with Crippen LogP contribution in [-0.2, 0) is 9.59 Å². The SMILES string of the molecule is CC1(C)C(NC(=O)c2ccc(N3CCC(CN4CCN(c5ccc6c(c5)C(=O)N(C5CCC(=O)NC5=O)C6=O)CC4)CC3)nn2)C(C)(C)C1Oc1ccc(C#N)c(Cl)c1. The maximum atomic E-state index is 13.4. The van der Waals surface area contributed by atoms with Crippen molar-refractivity contribution in [2.45, 2.75) is 71.6 Å². The van der Waals surface area contributed by atoms with Crippen LogP contribution >= 0.6 is 11.6 Å². The average molecular weight is 822 g/mol. The van der Waals surface area contributed by atoms with Gasteiger partial charge in [0, 0.05) is 80.9 Å². The van der Waals surface area contributed by atoms with Crippen molar-refractivity contribution < 1.29 is 28.7 Å². The third-order valence-electron chi connectivity index (χ3n) is 12.9. The van der Waals surface area contributed by atoms with E-state index in [1.54, 1.807) is 36.4 Å². The fourth-order valence-corrected chi connectivity index (χ4v) is 10.2. The topological polar surface area (TPSA) is 181 Å². The number of nitriles is 1. The van der Waals surface area contributed by atoms with Crippen molar-refractivity contribution in [3.63, 3.8) is 0 Å². The van der Waals surface area contributed by atoms with E-state index >= 15 is 0 Å². The minimum atomic E-state index is -0.981. The fraction of sp³-hybridized carbons (Fsp3) is 0.488. The molecule has 3 saturated heterocycles. The Hall–Kier alpha value is -5.59. The van der Waals surface area contributed by atoms with E-state index in [0.29, 0.717) is 27.8 Å². The molecule has 4 aliphatic heterocycles. The maximum Gasteiger partial charge on any atom is 0.272 e. The van der Waals surface area contributed by atoms with Gasteiger partial charge < -0.3 is 19.9 Å². The molecule has 308 valence electrons. The van der Waals surface area contributed by atoms with Gasteiger partial charge in [-0.3, -0.25) is 39.1 Å². The summed E-state index contributed by atoms with van der Waals surface area (Å²) in [5.41, 5.74) is 1.29. The van der Waals surface area contributed by atoms with Gasteiger partial charge in [0.25, 0.3) is 17.7 Å². The molecule has 4 fully saturated rings. The molecule has 5 amide bonds. The second-order valence-electron chi connectivity index (χ2n) is 17.5. The van der Waals surface area contributed by atoms with Gasteiger partial charge in [0.05, 0.1) is 21.7 Å². The zero-order chi connectivity index (χ0) is 41.8. The summed E-state index contributed by atoms with van der Waals surface area (Å²) in [6.45, 7) is 14.2. The predicted octanol–water partition coefficient (Wildman–Crippen LogP) is 4.05. The van der Waals surface area contributed by atoms with Crippen LogP contribution in [0, 0.1) is 28.1 Å². The third kappa shape index (κ3) is 7.48. The number of anilines is 2. The van der Waals surface area contributed by atoms with Crippen LogP contribution in [-0.4, -0.2) is 114 Å². The van der Waals surface area contributed by atoms with Gasteiger partial charge in [0.2, 0.25) is 11.8 Å². The van der Waals surface area contributed by atoms with E-state index in [1.165, 1.54) is 0 Å². The lowest BCUT2D eigenvalue weighted by molar-refractivity contribution is -0.164. The second kappa shape index (κ2) is 15.5. The molecule has 1 atom stereocenters. The molecule has 1 saturated carbocycles. The molecular formula is C43H48ClN9O6. The highest BCUT2D eigenvalue weighted by molar-refractivity contribution is 6.31. The minimum Gasteiger partial charge on any atom is -0.489 e. The van der Waals surface area contributed by atoms with E-state index < -0.39 is 40.5 Å². The van der Waals surface area contributed by atoms with Crippen LogP contribution in [0.5, 0.6) is 5.75 Å². The number of benzene rings is 2. The Morgan fingerprint density at radius 1 is 0.881 bits per heavy atom. The lowest BCUT2D eigenvalue weighted by Crippen LogP contribution is -2.74. The first kappa shape index (κ1) is 40.2. The first-order chi connectivity index (χ1) is 28.1.